The monoisotopic (exact) mass is 378 g/mol. The Morgan fingerprint density at radius 3 is 2.77 bits per heavy atom. The topological polar surface area (TPSA) is 104 Å². The fraction of sp³-hybridized carbons (Fsp3) is 0.438. The van der Waals surface area contributed by atoms with Crippen molar-refractivity contribution in [2.24, 2.45) is 0 Å². The molecule has 0 bridgehead atoms. The molecule has 1 aliphatic rings. The summed E-state index contributed by atoms with van der Waals surface area (Å²) in [4.78, 5) is 21.4. The predicted octanol–water partition coefficient (Wildman–Crippen LogP) is 1.59. The molecule has 10 heteroatoms. The highest BCUT2D eigenvalue weighted by atomic mass is 32.1. The number of rotatable bonds is 3. The number of para-hydroxylation sites is 1. The first-order chi connectivity index (χ1) is 12.6. The van der Waals surface area contributed by atoms with E-state index in [0.29, 0.717) is 30.3 Å². The first kappa shape index (κ1) is 18.2. The number of hydrogen-bond donors (Lipinski definition) is 4. The third-order valence-electron chi connectivity index (χ3n) is 4.27. The van der Waals surface area contributed by atoms with E-state index < -0.39 is 0 Å². The maximum Gasteiger partial charge on any atom is 0.336 e. The number of piperidine rings is 1. The number of H-pyrrole nitrogens is 1. The van der Waals surface area contributed by atoms with Gasteiger partial charge in [-0.15, -0.1) is 0 Å². The van der Waals surface area contributed by atoms with Crippen LogP contribution in [0.1, 0.15) is 12.8 Å². The van der Waals surface area contributed by atoms with Crippen LogP contribution in [0, 0.1) is 0 Å². The van der Waals surface area contributed by atoms with Crippen LogP contribution in [0.15, 0.2) is 18.2 Å². The van der Waals surface area contributed by atoms with Crippen molar-refractivity contribution in [1.82, 2.24) is 25.7 Å². The second-order valence-electron chi connectivity index (χ2n) is 5.87. The molecule has 0 radical (unpaired) electrons. The highest BCUT2D eigenvalue weighted by Crippen LogP contribution is 2.24. The molecule has 1 aromatic carbocycles. The first-order valence-corrected chi connectivity index (χ1v) is 8.69. The summed E-state index contributed by atoms with van der Waals surface area (Å²) < 4.78 is 10.6. The molecule has 9 nitrogen and oxygen atoms in total. The number of ether oxygens (including phenoxy) is 2. The molecule has 1 saturated heterocycles. The van der Waals surface area contributed by atoms with Crippen molar-refractivity contribution in [1.29, 1.82) is 0 Å². The Bertz CT molecular complexity index is 787. The lowest BCUT2D eigenvalue weighted by molar-refractivity contribution is 0.0501. The van der Waals surface area contributed by atoms with Gasteiger partial charge >= 0.3 is 6.03 Å². The average molecular weight is 378 g/mol. The van der Waals surface area contributed by atoms with Gasteiger partial charge in [0.25, 0.3) is 0 Å². The number of nitrogens with one attached hydrogen (secondary N) is 4. The van der Waals surface area contributed by atoms with E-state index in [-0.39, 0.29) is 17.2 Å². The largest absolute Gasteiger partial charge is 0.494 e. The Hall–Kier alpha value is -2.59. The molecule has 1 aliphatic heterocycles. The van der Waals surface area contributed by atoms with Crippen molar-refractivity contribution < 1.29 is 14.3 Å². The van der Waals surface area contributed by atoms with E-state index in [0.717, 1.165) is 18.4 Å². The van der Waals surface area contributed by atoms with Gasteiger partial charge in [0.15, 0.2) is 5.11 Å². The van der Waals surface area contributed by atoms with Crippen LogP contribution in [0.4, 0.5) is 10.7 Å². The molecular formula is C16H22N6O3S. The summed E-state index contributed by atoms with van der Waals surface area (Å²) in [5.74, 6) is 1.12. The van der Waals surface area contributed by atoms with E-state index >= 15 is 0 Å². The molecule has 4 N–H and O–H groups in total. The van der Waals surface area contributed by atoms with Gasteiger partial charge in [-0.1, -0.05) is 6.07 Å². The highest BCUT2D eigenvalue weighted by molar-refractivity contribution is 7.80. The number of hydrogen-bond acceptors (Lipinski definition) is 5. The van der Waals surface area contributed by atoms with Gasteiger partial charge < -0.3 is 24.7 Å². The summed E-state index contributed by atoms with van der Waals surface area (Å²) >= 11 is 5.19. The maximum absolute atomic E-state index is 12.2. The van der Waals surface area contributed by atoms with Crippen LogP contribution in [0.5, 0.6) is 5.75 Å². The number of carbonyl (C=O) groups excluding carboxylic acids is 1. The summed E-state index contributed by atoms with van der Waals surface area (Å²) in [6.45, 7) is 1.30. The fourth-order valence-corrected chi connectivity index (χ4v) is 3.00. The standard InChI is InChI=1S/C16H22N6O3S/c1-24-10-6-8-22(9-7-10)16(23)21-20-15(26)19-14-17-11-4-3-5-12(25-2)13(11)18-14/h3-5,10H,6-9H2,1-2H3,(H,21,23)(H3,17,18,19,20,26). The molecule has 140 valence electrons. The minimum atomic E-state index is -0.227. The van der Waals surface area contributed by atoms with Crippen LogP contribution in [-0.4, -0.2) is 59.4 Å². The summed E-state index contributed by atoms with van der Waals surface area (Å²) in [7, 11) is 3.29. The molecular weight excluding hydrogens is 356 g/mol. The number of urea groups is 1. The summed E-state index contributed by atoms with van der Waals surface area (Å²) in [6.07, 6.45) is 1.88. The number of methoxy groups -OCH3 is 2. The second-order valence-corrected chi connectivity index (χ2v) is 6.28. The number of nitrogens with zero attached hydrogens (tertiary/aromatic N) is 2. The Labute approximate surface area is 156 Å². The number of hydrazine groups is 1. The molecule has 26 heavy (non-hydrogen) atoms. The summed E-state index contributed by atoms with van der Waals surface area (Å²) in [5.41, 5.74) is 6.79. The van der Waals surface area contributed by atoms with E-state index in [4.69, 9.17) is 21.7 Å². The quantitative estimate of drug-likeness (QED) is 0.475. The molecule has 3 rings (SSSR count). The lowest BCUT2D eigenvalue weighted by Gasteiger charge is -2.31. The van der Waals surface area contributed by atoms with Gasteiger partial charge in [-0.25, -0.2) is 15.2 Å². The Morgan fingerprint density at radius 1 is 1.31 bits per heavy atom. The van der Waals surface area contributed by atoms with Gasteiger partial charge in [0.05, 0.1) is 18.7 Å². The Balaban J connectivity index is 1.51. The van der Waals surface area contributed by atoms with Crippen LogP contribution in [0.25, 0.3) is 11.0 Å². The lowest BCUT2D eigenvalue weighted by Crippen LogP contribution is -2.52. The highest BCUT2D eigenvalue weighted by Gasteiger charge is 2.22. The third-order valence-corrected chi connectivity index (χ3v) is 4.48. The smallest absolute Gasteiger partial charge is 0.336 e. The van der Waals surface area contributed by atoms with Crippen LogP contribution in [0.3, 0.4) is 0 Å². The number of thiocarbonyl (C=S) groups is 1. The number of amides is 2. The number of anilines is 1. The van der Waals surface area contributed by atoms with Gasteiger partial charge in [0.2, 0.25) is 5.95 Å². The number of benzene rings is 1. The van der Waals surface area contributed by atoms with Gasteiger partial charge in [-0.3, -0.25) is 5.43 Å². The van der Waals surface area contributed by atoms with Gasteiger partial charge in [0, 0.05) is 20.2 Å². The fourth-order valence-electron chi connectivity index (χ4n) is 2.85. The van der Waals surface area contributed by atoms with Gasteiger partial charge in [0.1, 0.15) is 11.3 Å². The van der Waals surface area contributed by atoms with E-state index in [2.05, 4.69) is 26.1 Å². The normalized spacial score (nSPS) is 14.9. The van der Waals surface area contributed by atoms with Crippen molar-refractivity contribution >= 4 is 40.3 Å². The third kappa shape index (κ3) is 4.14. The van der Waals surface area contributed by atoms with Crippen molar-refractivity contribution in [3.63, 3.8) is 0 Å². The van der Waals surface area contributed by atoms with Crippen molar-refractivity contribution in [3.05, 3.63) is 18.2 Å². The SMILES string of the molecule is COc1cccc2[nH]c(NC(=S)NNC(=O)N3CCC(OC)CC3)nc12. The Kier molecular flexibility index (Phi) is 5.74. The average Bonchev–Trinajstić information content (AvgIpc) is 3.08. The molecule has 1 fully saturated rings. The molecule has 0 unspecified atom stereocenters. The number of aromatic amines is 1. The Morgan fingerprint density at radius 2 is 2.08 bits per heavy atom. The first-order valence-electron chi connectivity index (χ1n) is 8.28. The molecule has 0 spiro atoms. The van der Waals surface area contributed by atoms with E-state index in [1.54, 1.807) is 19.1 Å². The minimum Gasteiger partial charge on any atom is -0.494 e. The molecule has 0 saturated carbocycles. The number of fused-ring (bicyclic) bond motifs is 1. The molecule has 2 aromatic rings. The zero-order chi connectivity index (χ0) is 18.5. The van der Waals surface area contributed by atoms with Gasteiger partial charge in [-0.2, -0.15) is 0 Å². The summed E-state index contributed by atoms with van der Waals surface area (Å²) in [6, 6.07) is 5.36. The number of likely N-dealkylation sites (tertiary alicyclic amines) is 1. The van der Waals surface area contributed by atoms with Crippen LogP contribution < -0.4 is 20.9 Å². The number of carbonyl (C=O) groups is 1. The molecule has 0 atom stereocenters. The van der Waals surface area contributed by atoms with Crippen LogP contribution in [-0.2, 0) is 4.74 Å². The van der Waals surface area contributed by atoms with Crippen molar-refractivity contribution in [3.8, 4) is 5.75 Å². The molecule has 0 aliphatic carbocycles. The second kappa shape index (κ2) is 8.19. The number of aromatic nitrogens is 2. The minimum absolute atomic E-state index is 0.222. The van der Waals surface area contributed by atoms with Gasteiger partial charge in [-0.05, 0) is 37.2 Å². The van der Waals surface area contributed by atoms with E-state index in [1.165, 1.54) is 0 Å². The van der Waals surface area contributed by atoms with Crippen molar-refractivity contribution in [2.45, 2.75) is 18.9 Å². The van der Waals surface area contributed by atoms with Crippen LogP contribution >= 0.6 is 12.2 Å². The molecule has 1 aromatic heterocycles. The maximum atomic E-state index is 12.2. The van der Waals surface area contributed by atoms with Crippen molar-refractivity contribution in [2.75, 3.05) is 32.6 Å². The molecule has 2 amide bonds. The zero-order valence-electron chi connectivity index (χ0n) is 14.7. The molecule has 2 heterocycles. The predicted molar refractivity (Wildman–Crippen MR) is 102 cm³/mol. The van der Waals surface area contributed by atoms with Crippen LogP contribution in [0.2, 0.25) is 0 Å². The van der Waals surface area contributed by atoms with E-state index in [1.807, 2.05) is 18.2 Å². The summed E-state index contributed by atoms with van der Waals surface area (Å²) in [5, 5.41) is 3.13. The zero-order valence-corrected chi connectivity index (χ0v) is 15.5. The van der Waals surface area contributed by atoms with E-state index in [9.17, 15) is 4.79 Å². The lowest BCUT2D eigenvalue weighted by atomic mass is 10.1. The number of imidazole rings is 1.